The van der Waals surface area contributed by atoms with Gasteiger partial charge in [0.05, 0.1) is 9.79 Å². The Morgan fingerprint density at radius 1 is 0.667 bits per heavy atom. The highest BCUT2D eigenvalue weighted by Crippen LogP contribution is 2.45. The molecule has 2 aliphatic heterocycles. The van der Waals surface area contributed by atoms with E-state index < -0.39 is 30.0 Å². The minimum atomic E-state index is -4.18. The van der Waals surface area contributed by atoms with Crippen LogP contribution in [-0.2, 0) is 30.0 Å². The van der Waals surface area contributed by atoms with Crippen molar-refractivity contribution in [2.24, 2.45) is 17.0 Å². The lowest BCUT2D eigenvalue weighted by Crippen LogP contribution is -2.19. The fraction of sp³-hybridized carbons (Fsp3) is 0.467. The average molecular weight is 636 g/mol. The lowest BCUT2D eigenvalue weighted by atomic mass is 9.88. The Hall–Kier alpha value is -2.67. The van der Waals surface area contributed by atoms with Gasteiger partial charge in [0.15, 0.2) is 0 Å². The molecule has 0 atom stereocenters. The van der Waals surface area contributed by atoms with E-state index in [9.17, 15) is 30.4 Å². The molecule has 12 heteroatoms. The molecule has 228 valence electrons. The van der Waals surface area contributed by atoms with E-state index in [4.69, 9.17) is 5.14 Å². The molecule has 2 aromatic carbocycles. The molecule has 0 aromatic heterocycles. The molecule has 0 bridgehead atoms. The number of phenolic OH excluding ortho intramolecular Hbond substituents is 1. The number of phenols is 1. The SMILES string of the molecule is NS(=O)(=O)Oc1ccc2c(c1)S(=O)(=O)C=C2C1CCCCCC1.O=S1(=O)C=C(C2CCCCCC2)c2ccc(O)cc21. The van der Waals surface area contributed by atoms with Crippen LogP contribution in [0.5, 0.6) is 11.5 Å². The molecule has 9 nitrogen and oxygen atoms in total. The first-order valence-electron chi connectivity index (χ1n) is 14.5. The van der Waals surface area contributed by atoms with Crippen molar-refractivity contribution >= 4 is 41.1 Å². The highest BCUT2D eigenvalue weighted by Gasteiger charge is 2.33. The van der Waals surface area contributed by atoms with Crippen LogP contribution in [0, 0.1) is 11.8 Å². The first-order valence-corrected chi connectivity index (χ1v) is 19.0. The van der Waals surface area contributed by atoms with Crippen LogP contribution in [-0.4, -0.2) is 30.4 Å². The van der Waals surface area contributed by atoms with E-state index in [-0.39, 0.29) is 27.2 Å². The molecule has 2 aromatic rings. The highest BCUT2D eigenvalue weighted by molar-refractivity contribution is 7.95. The highest BCUT2D eigenvalue weighted by atomic mass is 32.2. The Morgan fingerprint density at radius 3 is 1.55 bits per heavy atom. The van der Waals surface area contributed by atoms with Gasteiger partial charge in [-0.15, -0.1) is 0 Å². The van der Waals surface area contributed by atoms with Crippen LogP contribution in [0.4, 0.5) is 0 Å². The molecular weight excluding hydrogens is 599 g/mol. The van der Waals surface area contributed by atoms with Gasteiger partial charge in [0.2, 0.25) is 19.7 Å². The number of allylic oxidation sites excluding steroid dienone is 2. The summed E-state index contributed by atoms with van der Waals surface area (Å²) in [6.45, 7) is 0. The van der Waals surface area contributed by atoms with Crippen LogP contribution in [0.15, 0.2) is 57.0 Å². The van der Waals surface area contributed by atoms with E-state index in [0.29, 0.717) is 11.5 Å². The minimum Gasteiger partial charge on any atom is -0.508 e. The number of aromatic hydroxyl groups is 1. The Kier molecular flexibility index (Phi) is 8.90. The summed E-state index contributed by atoms with van der Waals surface area (Å²) in [7, 11) is -11.1. The van der Waals surface area contributed by atoms with E-state index in [0.717, 1.165) is 55.2 Å². The van der Waals surface area contributed by atoms with Crippen molar-refractivity contribution in [3.63, 3.8) is 0 Å². The third-order valence-electron chi connectivity index (χ3n) is 8.52. The number of hydrogen-bond donors (Lipinski definition) is 2. The molecule has 2 aliphatic carbocycles. The fourth-order valence-corrected chi connectivity index (χ4v) is 10.0. The van der Waals surface area contributed by atoms with Gasteiger partial charge in [0.25, 0.3) is 0 Å². The van der Waals surface area contributed by atoms with Crippen LogP contribution in [0.25, 0.3) is 11.1 Å². The van der Waals surface area contributed by atoms with E-state index in [1.807, 2.05) is 0 Å². The van der Waals surface area contributed by atoms with Crippen molar-refractivity contribution in [3.8, 4) is 11.5 Å². The Morgan fingerprint density at radius 2 is 1.10 bits per heavy atom. The Bertz CT molecular complexity index is 1730. The van der Waals surface area contributed by atoms with Gasteiger partial charge in [0, 0.05) is 16.9 Å². The van der Waals surface area contributed by atoms with E-state index in [2.05, 4.69) is 4.18 Å². The molecule has 0 spiro atoms. The second-order valence-electron chi connectivity index (χ2n) is 11.5. The van der Waals surface area contributed by atoms with Crippen LogP contribution in [0.2, 0.25) is 0 Å². The number of benzene rings is 2. The molecular formula is C30H37NO8S3. The van der Waals surface area contributed by atoms with E-state index in [1.54, 1.807) is 18.2 Å². The normalized spacial score (nSPS) is 21.9. The zero-order valence-electron chi connectivity index (χ0n) is 23.4. The first-order chi connectivity index (χ1) is 19.8. The van der Waals surface area contributed by atoms with Crippen LogP contribution >= 0.6 is 0 Å². The monoisotopic (exact) mass is 635 g/mol. The van der Waals surface area contributed by atoms with Crippen molar-refractivity contribution in [2.45, 2.75) is 86.8 Å². The second kappa shape index (κ2) is 12.1. The van der Waals surface area contributed by atoms with Gasteiger partial charge in [-0.2, -0.15) is 13.6 Å². The van der Waals surface area contributed by atoms with Crippen molar-refractivity contribution in [1.82, 2.24) is 0 Å². The second-order valence-corrected chi connectivity index (χ2v) is 16.2. The molecule has 42 heavy (non-hydrogen) atoms. The van der Waals surface area contributed by atoms with Crippen molar-refractivity contribution in [3.05, 3.63) is 58.3 Å². The quantitative estimate of drug-likeness (QED) is 0.396. The minimum absolute atomic E-state index is 0.0119. The fourth-order valence-electron chi connectivity index (χ4n) is 6.55. The maximum absolute atomic E-state index is 12.4. The smallest absolute Gasteiger partial charge is 0.380 e. The summed E-state index contributed by atoms with van der Waals surface area (Å²) in [6.07, 6.45) is 13.5. The van der Waals surface area contributed by atoms with Gasteiger partial charge in [-0.1, -0.05) is 51.4 Å². The average Bonchev–Trinajstić information content (AvgIpc) is 3.16. The van der Waals surface area contributed by atoms with Crippen LogP contribution in [0.3, 0.4) is 0 Å². The molecule has 3 N–H and O–H groups in total. The van der Waals surface area contributed by atoms with Crippen molar-refractivity contribution < 1.29 is 34.5 Å². The number of sulfone groups is 2. The molecule has 0 saturated heterocycles. The molecule has 2 heterocycles. The Labute approximate surface area is 248 Å². The summed E-state index contributed by atoms with van der Waals surface area (Å²) in [5, 5.41) is 17.1. The third kappa shape index (κ3) is 6.93. The summed E-state index contributed by atoms with van der Waals surface area (Å²) >= 11 is 0. The van der Waals surface area contributed by atoms with Crippen LogP contribution < -0.4 is 9.32 Å². The zero-order valence-corrected chi connectivity index (χ0v) is 25.8. The molecule has 0 unspecified atom stereocenters. The zero-order chi connectivity index (χ0) is 30.1. The molecule has 0 radical (unpaired) electrons. The number of rotatable bonds is 4. The summed E-state index contributed by atoms with van der Waals surface area (Å²) in [6, 6.07) is 8.96. The Balaban J connectivity index is 0.000000171. The van der Waals surface area contributed by atoms with Gasteiger partial charge in [0.1, 0.15) is 11.5 Å². The molecule has 2 saturated carbocycles. The van der Waals surface area contributed by atoms with Gasteiger partial charge in [-0.3, -0.25) is 0 Å². The number of nitrogens with two attached hydrogens (primary N) is 1. The maximum Gasteiger partial charge on any atom is 0.380 e. The summed E-state index contributed by atoms with van der Waals surface area (Å²) in [5.41, 5.74) is 3.24. The lowest BCUT2D eigenvalue weighted by molar-refractivity contribution is 0.473. The molecule has 4 aliphatic rings. The van der Waals surface area contributed by atoms with Gasteiger partial charge < -0.3 is 9.29 Å². The van der Waals surface area contributed by atoms with Crippen molar-refractivity contribution in [1.29, 1.82) is 0 Å². The van der Waals surface area contributed by atoms with E-state index >= 15 is 0 Å². The lowest BCUT2D eigenvalue weighted by Gasteiger charge is -2.16. The van der Waals surface area contributed by atoms with E-state index in [1.165, 1.54) is 67.5 Å². The first kappa shape index (κ1) is 30.8. The number of hydrogen-bond acceptors (Lipinski definition) is 8. The number of fused-ring (bicyclic) bond motifs is 2. The summed E-state index contributed by atoms with van der Waals surface area (Å²) in [5.74, 6) is 0.504. The molecule has 2 fully saturated rings. The van der Waals surface area contributed by atoms with Gasteiger partial charge >= 0.3 is 10.3 Å². The summed E-state index contributed by atoms with van der Waals surface area (Å²) in [4.78, 5) is 0.365. The predicted octanol–water partition coefficient (Wildman–Crippen LogP) is 5.86. The predicted molar refractivity (Wildman–Crippen MR) is 161 cm³/mol. The third-order valence-corrected chi connectivity index (χ3v) is 12.0. The van der Waals surface area contributed by atoms with Gasteiger partial charge in [-0.05, 0) is 90.1 Å². The molecule has 0 amide bonds. The van der Waals surface area contributed by atoms with Gasteiger partial charge in [-0.25, -0.2) is 16.8 Å². The largest absolute Gasteiger partial charge is 0.508 e. The topological polar surface area (TPSA) is 158 Å². The maximum atomic E-state index is 12.4. The van der Waals surface area contributed by atoms with Crippen LogP contribution in [0.1, 0.15) is 88.2 Å². The van der Waals surface area contributed by atoms with Crippen molar-refractivity contribution in [2.75, 3.05) is 0 Å². The standard InChI is InChI=1S/C15H19NO5S2.C15H18O3S/c16-23(19,20)21-12-7-8-13-14(10-22(17,18)15(13)9-12)11-5-3-1-2-4-6-11;16-12-7-8-13-14(10-19(17,18)15(13)9-12)11-5-3-1-2-4-6-11/h7-11H,1-6H2,(H2,16,19,20);7-11,16H,1-6H2. The molecule has 6 rings (SSSR count). The summed E-state index contributed by atoms with van der Waals surface area (Å²) < 4.78 is 75.7.